The summed E-state index contributed by atoms with van der Waals surface area (Å²) in [6.07, 6.45) is 2.14. The van der Waals surface area contributed by atoms with Gasteiger partial charge in [0.2, 0.25) is 0 Å². The molecule has 0 saturated carbocycles. The predicted octanol–water partition coefficient (Wildman–Crippen LogP) is 3.61. The van der Waals surface area contributed by atoms with E-state index < -0.39 is 5.97 Å². The Balaban J connectivity index is 2.41. The van der Waals surface area contributed by atoms with Crippen LogP contribution in [0.4, 0.5) is 0 Å². The molecule has 100 valence electrons. The Bertz CT molecular complexity index is 566. The topological polar surface area (TPSA) is 59.7 Å². The lowest BCUT2D eigenvalue weighted by Crippen LogP contribution is -2.00. The number of ether oxygens (including phenoxy) is 1. The molecule has 0 unspecified atom stereocenters. The molecule has 19 heavy (non-hydrogen) atoms. The summed E-state index contributed by atoms with van der Waals surface area (Å²) in [5.41, 5.74) is 1.68. The fraction of sp³-hybridized carbons (Fsp3) is 0.267. The Kier molecular flexibility index (Phi) is 3.90. The van der Waals surface area contributed by atoms with Gasteiger partial charge in [-0.15, -0.1) is 0 Å². The smallest absolute Gasteiger partial charge is 0.339 e. The molecule has 2 aromatic rings. The second-order valence-corrected chi connectivity index (χ2v) is 4.08. The lowest BCUT2D eigenvalue weighted by Gasteiger charge is -2.04. The van der Waals surface area contributed by atoms with Crippen molar-refractivity contribution in [1.29, 1.82) is 0 Å². The predicted molar refractivity (Wildman–Crippen MR) is 71.7 cm³/mol. The van der Waals surface area contributed by atoms with Crippen LogP contribution >= 0.6 is 0 Å². The van der Waals surface area contributed by atoms with Gasteiger partial charge in [0.15, 0.2) is 0 Å². The molecule has 4 nitrogen and oxygen atoms in total. The van der Waals surface area contributed by atoms with E-state index in [2.05, 4.69) is 0 Å². The number of carboxylic acids is 1. The van der Waals surface area contributed by atoms with Gasteiger partial charge in [-0.2, -0.15) is 0 Å². The summed E-state index contributed by atoms with van der Waals surface area (Å²) in [4.78, 5) is 11.3. The van der Waals surface area contributed by atoms with Gasteiger partial charge >= 0.3 is 5.97 Å². The van der Waals surface area contributed by atoms with Crippen molar-refractivity contribution in [3.63, 3.8) is 0 Å². The minimum absolute atomic E-state index is 0.242. The van der Waals surface area contributed by atoms with E-state index in [1.807, 2.05) is 13.8 Å². The van der Waals surface area contributed by atoms with Crippen LogP contribution in [0.3, 0.4) is 0 Å². The molecule has 0 bridgehead atoms. The number of benzene rings is 1. The fourth-order valence-corrected chi connectivity index (χ4v) is 1.97. The van der Waals surface area contributed by atoms with Crippen molar-refractivity contribution in [3.8, 4) is 17.1 Å². The van der Waals surface area contributed by atoms with Crippen molar-refractivity contribution < 1.29 is 19.1 Å². The quantitative estimate of drug-likeness (QED) is 0.892. The molecule has 0 aliphatic heterocycles. The highest BCUT2D eigenvalue weighted by molar-refractivity contribution is 5.96. The summed E-state index contributed by atoms with van der Waals surface area (Å²) in [5.74, 6) is 0.187. The first-order valence-electron chi connectivity index (χ1n) is 6.24. The van der Waals surface area contributed by atoms with Gasteiger partial charge in [-0.05, 0) is 37.6 Å². The van der Waals surface area contributed by atoms with Crippen molar-refractivity contribution in [2.24, 2.45) is 0 Å². The van der Waals surface area contributed by atoms with Crippen LogP contribution in [0.15, 0.2) is 34.9 Å². The Morgan fingerprint density at radius 3 is 2.47 bits per heavy atom. The summed E-state index contributed by atoms with van der Waals surface area (Å²) in [7, 11) is 0. The minimum Gasteiger partial charge on any atom is -0.494 e. The average Bonchev–Trinajstić information content (AvgIpc) is 2.84. The standard InChI is InChI=1S/C15H16O4/c1-3-10-9-19-14(13(10)15(16)17)11-5-7-12(8-6-11)18-4-2/h5-9H,3-4H2,1-2H3,(H,16,17). The van der Waals surface area contributed by atoms with Crippen molar-refractivity contribution in [3.05, 3.63) is 41.7 Å². The molecular formula is C15H16O4. The van der Waals surface area contributed by atoms with E-state index in [1.54, 1.807) is 24.3 Å². The zero-order valence-electron chi connectivity index (χ0n) is 11.0. The van der Waals surface area contributed by atoms with E-state index in [-0.39, 0.29) is 5.56 Å². The highest BCUT2D eigenvalue weighted by Crippen LogP contribution is 2.30. The first kappa shape index (κ1) is 13.2. The van der Waals surface area contributed by atoms with Gasteiger partial charge in [0.25, 0.3) is 0 Å². The minimum atomic E-state index is -0.963. The summed E-state index contributed by atoms with van der Waals surface area (Å²) < 4.78 is 10.8. The first-order chi connectivity index (χ1) is 9.17. The van der Waals surface area contributed by atoms with Gasteiger partial charge in [0.1, 0.15) is 17.1 Å². The Hall–Kier alpha value is -2.23. The Morgan fingerprint density at radius 1 is 1.26 bits per heavy atom. The van der Waals surface area contributed by atoms with Crippen LogP contribution in [-0.4, -0.2) is 17.7 Å². The zero-order chi connectivity index (χ0) is 13.8. The molecule has 1 aromatic carbocycles. The monoisotopic (exact) mass is 260 g/mol. The van der Waals surface area contributed by atoms with E-state index in [0.717, 1.165) is 11.3 Å². The number of hydrogen-bond donors (Lipinski definition) is 1. The van der Waals surface area contributed by atoms with E-state index in [1.165, 1.54) is 6.26 Å². The molecule has 0 saturated heterocycles. The SMILES string of the molecule is CCOc1ccc(-c2occ(CC)c2C(=O)O)cc1. The highest BCUT2D eigenvalue weighted by atomic mass is 16.5. The van der Waals surface area contributed by atoms with Crippen LogP contribution in [0.1, 0.15) is 29.8 Å². The maximum atomic E-state index is 11.3. The third-order valence-corrected chi connectivity index (χ3v) is 2.89. The van der Waals surface area contributed by atoms with E-state index in [4.69, 9.17) is 9.15 Å². The molecule has 1 aromatic heterocycles. The summed E-state index contributed by atoms with van der Waals surface area (Å²) in [6, 6.07) is 7.21. The number of aryl methyl sites for hydroxylation is 1. The Morgan fingerprint density at radius 2 is 1.95 bits per heavy atom. The maximum absolute atomic E-state index is 11.3. The maximum Gasteiger partial charge on any atom is 0.339 e. The number of carbonyl (C=O) groups is 1. The zero-order valence-corrected chi connectivity index (χ0v) is 11.0. The Labute approximate surface area is 111 Å². The summed E-state index contributed by atoms with van der Waals surface area (Å²) in [6.45, 7) is 4.41. The molecule has 0 atom stereocenters. The van der Waals surface area contributed by atoms with Crippen molar-refractivity contribution in [2.45, 2.75) is 20.3 Å². The van der Waals surface area contributed by atoms with Crippen LogP contribution in [-0.2, 0) is 6.42 Å². The lowest BCUT2D eigenvalue weighted by molar-refractivity contribution is 0.0696. The molecular weight excluding hydrogens is 244 g/mol. The molecule has 0 aliphatic rings. The number of hydrogen-bond acceptors (Lipinski definition) is 3. The highest BCUT2D eigenvalue weighted by Gasteiger charge is 2.20. The molecule has 1 N–H and O–H groups in total. The van der Waals surface area contributed by atoms with Gasteiger partial charge in [-0.1, -0.05) is 6.92 Å². The van der Waals surface area contributed by atoms with Gasteiger partial charge in [0, 0.05) is 11.1 Å². The van der Waals surface area contributed by atoms with Crippen LogP contribution < -0.4 is 4.74 Å². The first-order valence-corrected chi connectivity index (χ1v) is 6.24. The molecule has 0 fully saturated rings. The van der Waals surface area contributed by atoms with Gasteiger partial charge in [0.05, 0.1) is 12.9 Å². The van der Waals surface area contributed by atoms with Crippen LogP contribution in [0.5, 0.6) is 5.75 Å². The van der Waals surface area contributed by atoms with Crippen molar-refractivity contribution in [2.75, 3.05) is 6.61 Å². The number of carboxylic acid groups (broad SMARTS) is 1. The molecule has 2 rings (SSSR count). The van der Waals surface area contributed by atoms with Crippen molar-refractivity contribution in [1.82, 2.24) is 0 Å². The van der Waals surface area contributed by atoms with Gasteiger partial charge in [-0.3, -0.25) is 0 Å². The van der Waals surface area contributed by atoms with Crippen LogP contribution in [0.2, 0.25) is 0 Å². The van der Waals surface area contributed by atoms with E-state index in [0.29, 0.717) is 24.4 Å². The van der Waals surface area contributed by atoms with Crippen molar-refractivity contribution >= 4 is 5.97 Å². The largest absolute Gasteiger partial charge is 0.494 e. The number of furan rings is 1. The second kappa shape index (κ2) is 5.61. The molecule has 0 aliphatic carbocycles. The summed E-state index contributed by atoms with van der Waals surface area (Å²) >= 11 is 0. The average molecular weight is 260 g/mol. The van der Waals surface area contributed by atoms with E-state index in [9.17, 15) is 9.90 Å². The summed E-state index contributed by atoms with van der Waals surface area (Å²) in [5, 5.41) is 9.28. The molecule has 1 heterocycles. The normalized spacial score (nSPS) is 10.4. The third-order valence-electron chi connectivity index (χ3n) is 2.89. The molecule has 0 amide bonds. The fourth-order valence-electron chi connectivity index (χ4n) is 1.97. The lowest BCUT2D eigenvalue weighted by atomic mass is 10.0. The molecule has 0 radical (unpaired) electrons. The number of aromatic carboxylic acids is 1. The van der Waals surface area contributed by atoms with E-state index >= 15 is 0 Å². The molecule has 0 spiro atoms. The third kappa shape index (κ3) is 2.62. The van der Waals surface area contributed by atoms with Crippen LogP contribution in [0, 0.1) is 0 Å². The second-order valence-electron chi connectivity index (χ2n) is 4.08. The van der Waals surface area contributed by atoms with Gasteiger partial charge < -0.3 is 14.3 Å². The molecule has 4 heteroatoms. The van der Waals surface area contributed by atoms with Crippen LogP contribution in [0.25, 0.3) is 11.3 Å². The number of rotatable bonds is 5. The van der Waals surface area contributed by atoms with Gasteiger partial charge in [-0.25, -0.2) is 4.79 Å².